The second-order valence-corrected chi connectivity index (χ2v) is 7.23. The molecule has 2 amide bonds. The third-order valence-corrected chi connectivity index (χ3v) is 5.13. The van der Waals surface area contributed by atoms with E-state index >= 15 is 0 Å². The maximum absolute atomic E-state index is 12.6. The molecule has 0 aliphatic carbocycles. The van der Waals surface area contributed by atoms with Crippen molar-refractivity contribution in [2.24, 2.45) is 0 Å². The molecule has 0 heterocycles. The number of carbonyl (C=O) groups excluding carboxylic acids is 2. The van der Waals surface area contributed by atoms with Gasteiger partial charge in [-0.25, -0.2) is 0 Å². The number of anilines is 1. The van der Waals surface area contributed by atoms with E-state index in [-0.39, 0.29) is 24.3 Å². The second kappa shape index (κ2) is 8.78. The SMILES string of the molecule is COc1ccc2cc([C@@H](C)C(=O)NCC(=O)Nc3c(C)cccc3C)ccc2c1. The van der Waals surface area contributed by atoms with Gasteiger partial charge in [-0.05, 0) is 60.4 Å². The zero-order valence-corrected chi connectivity index (χ0v) is 17.2. The van der Waals surface area contributed by atoms with Gasteiger partial charge in [0, 0.05) is 5.69 Å². The normalized spacial score (nSPS) is 11.7. The average molecular weight is 390 g/mol. The molecule has 0 fully saturated rings. The minimum absolute atomic E-state index is 0.0677. The molecule has 5 nitrogen and oxygen atoms in total. The number of amides is 2. The van der Waals surface area contributed by atoms with E-state index < -0.39 is 0 Å². The minimum Gasteiger partial charge on any atom is -0.497 e. The van der Waals surface area contributed by atoms with Crippen LogP contribution in [-0.4, -0.2) is 25.5 Å². The summed E-state index contributed by atoms with van der Waals surface area (Å²) in [6, 6.07) is 17.6. The predicted molar refractivity (Wildman–Crippen MR) is 116 cm³/mol. The first kappa shape index (κ1) is 20.4. The third kappa shape index (κ3) is 4.74. The van der Waals surface area contributed by atoms with Crippen LogP contribution in [0.15, 0.2) is 54.6 Å². The largest absolute Gasteiger partial charge is 0.497 e. The summed E-state index contributed by atoms with van der Waals surface area (Å²) in [5.74, 6) is 0.00326. The summed E-state index contributed by atoms with van der Waals surface area (Å²) in [6.07, 6.45) is 0. The summed E-state index contributed by atoms with van der Waals surface area (Å²) in [5, 5.41) is 7.70. The van der Waals surface area contributed by atoms with Crippen molar-refractivity contribution in [2.45, 2.75) is 26.7 Å². The molecule has 150 valence electrons. The van der Waals surface area contributed by atoms with Crippen LogP contribution in [-0.2, 0) is 9.59 Å². The van der Waals surface area contributed by atoms with Gasteiger partial charge in [-0.1, -0.05) is 42.5 Å². The number of rotatable bonds is 6. The maximum Gasteiger partial charge on any atom is 0.243 e. The van der Waals surface area contributed by atoms with Crippen molar-refractivity contribution in [3.05, 3.63) is 71.3 Å². The number of para-hydroxylation sites is 1. The molecule has 0 aromatic heterocycles. The summed E-state index contributed by atoms with van der Waals surface area (Å²) >= 11 is 0. The van der Waals surface area contributed by atoms with E-state index in [1.54, 1.807) is 7.11 Å². The number of hydrogen-bond donors (Lipinski definition) is 2. The fourth-order valence-electron chi connectivity index (χ4n) is 3.31. The molecule has 29 heavy (non-hydrogen) atoms. The van der Waals surface area contributed by atoms with E-state index in [0.29, 0.717) is 0 Å². The molecule has 3 aromatic rings. The number of aryl methyl sites for hydroxylation is 2. The van der Waals surface area contributed by atoms with Gasteiger partial charge in [0.25, 0.3) is 0 Å². The lowest BCUT2D eigenvalue weighted by Crippen LogP contribution is -2.35. The van der Waals surface area contributed by atoms with Crippen molar-refractivity contribution in [3.63, 3.8) is 0 Å². The molecule has 3 aromatic carbocycles. The van der Waals surface area contributed by atoms with Crippen molar-refractivity contribution in [2.75, 3.05) is 19.0 Å². The topological polar surface area (TPSA) is 67.4 Å². The molecule has 0 aliphatic rings. The summed E-state index contributed by atoms with van der Waals surface area (Å²) in [4.78, 5) is 24.8. The smallest absolute Gasteiger partial charge is 0.243 e. The minimum atomic E-state index is -0.366. The molecule has 5 heteroatoms. The molecular formula is C24H26N2O3. The quantitative estimate of drug-likeness (QED) is 0.659. The van der Waals surface area contributed by atoms with E-state index in [2.05, 4.69) is 10.6 Å². The number of carbonyl (C=O) groups is 2. The average Bonchev–Trinajstić information content (AvgIpc) is 2.73. The van der Waals surface area contributed by atoms with Crippen LogP contribution >= 0.6 is 0 Å². The van der Waals surface area contributed by atoms with Crippen LogP contribution in [0.5, 0.6) is 5.75 Å². The lowest BCUT2D eigenvalue weighted by molar-refractivity contribution is -0.125. The van der Waals surface area contributed by atoms with Crippen molar-refractivity contribution in [3.8, 4) is 5.75 Å². The van der Waals surface area contributed by atoms with Gasteiger partial charge in [0.15, 0.2) is 0 Å². The van der Waals surface area contributed by atoms with Crippen LogP contribution in [0.4, 0.5) is 5.69 Å². The Kier molecular flexibility index (Phi) is 6.17. The van der Waals surface area contributed by atoms with E-state index in [1.807, 2.05) is 75.4 Å². The Morgan fingerprint density at radius 2 is 1.62 bits per heavy atom. The van der Waals surface area contributed by atoms with Crippen molar-refractivity contribution >= 4 is 28.3 Å². The molecule has 0 saturated carbocycles. The summed E-state index contributed by atoms with van der Waals surface area (Å²) < 4.78 is 5.25. The first-order valence-corrected chi connectivity index (χ1v) is 9.60. The molecule has 0 spiro atoms. The van der Waals surface area contributed by atoms with Gasteiger partial charge in [-0.15, -0.1) is 0 Å². The molecule has 0 bridgehead atoms. The first-order chi connectivity index (χ1) is 13.9. The Morgan fingerprint density at radius 3 is 2.31 bits per heavy atom. The van der Waals surface area contributed by atoms with Crippen LogP contribution in [0.25, 0.3) is 10.8 Å². The third-order valence-electron chi connectivity index (χ3n) is 5.13. The maximum atomic E-state index is 12.6. The lowest BCUT2D eigenvalue weighted by Gasteiger charge is -2.15. The molecule has 1 atom stereocenters. The first-order valence-electron chi connectivity index (χ1n) is 9.60. The number of fused-ring (bicyclic) bond motifs is 1. The van der Waals surface area contributed by atoms with Gasteiger partial charge in [0.1, 0.15) is 5.75 Å². The van der Waals surface area contributed by atoms with E-state index in [9.17, 15) is 9.59 Å². The Balaban J connectivity index is 1.63. The van der Waals surface area contributed by atoms with Gasteiger partial charge < -0.3 is 15.4 Å². The highest BCUT2D eigenvalue weighted by molar-refractivity contribution is 5.96. The fraction of sp³-hybridized carbons (Fsp3) is 0.250. The zero-order valence-electron chi connectivity index (χ0n) is 17.2. The summed E-state index contributed by atoms with van der Waals surface area (Å²) in [6.45, 7) is 5.66. The van der Waals surface area contributed by atoms with Crippen molar-refractivity contribution in [1.29, 1.82) is 0 Å². The molecule has 0 unspecified atom stereocenters. The van der Waals surface area contributed by atoms with Gasteiger partial charge >= 0.3 is 0 Å². The van der Waals surface area contributed by atoms with Crippen LogP contribution < -0.4 is 15.4 Å². The summed E-state index contributed by atoms with van der Waals surface area (Å²) in [7, 11) is 1.64. The highest BCUT2D eigenvalue weighted by atomic mass is 16.5. The van der Waals surface area contributed by atoms with Crippen LogP contribution in [0.1, 0.15) is 29.5 Å². The Bertz CT molecular complexity index is 1040. The monoisotopic (exact) mass is 390 g/mol. The fourth-order valence-corrected chi connectivity index (χ4v) is 3.31. The molecular weight excluding hydrogens is 364 g/mol. The number of ether oxygens (including phenoxy) is 1. The van der Waals surface area contributed by atoms with Gasteiger partial charge in [0.2, 0.25) is 11.8 Å². The molecule has 0 aliphatic heterocycles. The highest BCUT2D eigenvalue weighted by Gasteiger charge is 2.17. The molecule has 2 N–H and O–H groups in total. The Labute approximate surface area is 171 Å². The van der Waals surface area contributed by atoms with Gasteiger partial charge in [-0.3, -0.25) is 9.59 Å². The number of hydrogen-bond acceptors (Lipinski definition) is 3. The van der Waals surface area contributed by atoms with Crippen LogP contribution in [0, 0.1) is 13.8 Å². The molecule has 3 rings (SSSR count). The number of nitrogens with one attached hydrogen (secondary N) is 2. The van der Waals surface area contributed by atoms with E-state index in [0.717, 1.165) is 38.9 Å². The van der Waals surface area contributed by atoms with Gasteiger partial charge in [0.05, 0.1) is 19.6 Å². The van der Waals surface area contributed by atoms with Crippen LogP contribution in [0.2, 0.25) is 0 Å². The molecule has 0 saturated heterocycles. The van der Waals surface area contributed by atoms with Crippen molar-refractivity contribution < 1.29 is 14.3 Å². The zero-order chi connectivity index (χ0) is 21.0. The number of benzene rings is 3. The lowest BCUT2D eigenvalue weighted by atomic mass is 9.97. The van der Waals surface area contributed by atoms with E-state index in [1.165, 1.54) is 0 Å². The van der Waals surface area contributed by atoms with Crippen LogP contribution in [0.3, 0.4) is 0 Å². The predicted octanol–water partition coefficient (Wildman–Crippen LogP) is 4.32. The van der Waals surface area contributed by atoms with Crippen molar-refractivity contribution in [1.82, 2.24) is 5.32 Å². The van der Waals surface area contributed by atoms with E-state index in [4.69, 9.17) is 4.74 Å². The van der Waals surface area contributed by atoms with Gasteiger partial charge in [-0.2, -0.15) is 0 Å². The summed E-state index contributed by atoms with van der Waals surface area (Å²) in [5.41, 5.74) is 3.68. The highest BCUT2D eigenvalue weighted by Crippen LogP contribution is 2.25. The standard InChI is InChI=1S/C24H26N2O3/c1-15-6-5-7-16(2)23(15)26-22(27)14-25-24(28)17(3)18-8-9-20-13-21(29-4)11-10-19(20)12-18/h5-13,17H,14H2,1-4H3,(H,25,28)(H,26,27)/t17-/m1/s1. The molecule has 0 radical (unpaired) electrons. The number of methoxy groups -OCH3 is 1. The second-order valence-electron chi connectivity index (χ2n) is 7.23. The Hall–Kier alpha value is -3.34. The Morgan fingerprint density at radius 1 is 0.966 bits per heavy atom.